The third-order valence-corrected chi connectivity index (χ3v) is 6.28. The van der Waals surface area contributed by atoms with Crippen LogP contribution in [0.25, 0.3) is 22.2 Å². The van der Waals surface area contributed by atoms with Crippen molar-refractivity contribution in [3.8, 4) is 17.0 Å². The van der Waals surface area contributed by atoms with Crippen molar-refractivity contribution in [1.82, 2.24) is 15.0 Å². The molecule has 4 aromatic rings. The Kier molecular flexibility index (Phi) is 6.51. The first-order valence-electron chi connectivity index (χ1n) is 9.54. The Bertz CT molecular complexity index is 1250. The zero-order valence-corrected chi connectivity index (χ0v) is 19.6. The second-order valence-electron chi connectivity index (χ2n) is 6.89. The van der Waals surface area contributed by atoms with E-state index in [-0.39, 0.29) is 0 Å². The number of ether oxygens (including phenoxy) is 1. The standard InChI is InChI=1S/C23H20Cl2N4OS/c1-13-9-17(30-2)20(25)18(19(13)24)16-10-15-12-27-23(31-3)29-21(15)22(28-16)26-11-14-7-5-4-6-8-14/h4-10,12H,11H2,1-3H3,(H,26,28). The number of hydrogen-bond acceptors (Lipinski definition) is 6. The minimum atomic E-state index is 0.417. The van der Waals surface area contributed by atoms with E-state index in [1.807, 2.05) is 43.5 Å². The molecular formula is C23H20Cl2N4OS. The highest BCUT2D eigenvalue weighted by molar-refractivity contribution is 7.98. The van der Waals surface area contributed by atoms with Gasteiger partial charge < -0.3 is 10.1 Å². The average Bonchev–Trinajstić information content (AvgIpc) is 2.80. The molecule has 2 aromatic heterocycles. The molecule has 5 nitrogen and oxygen atoms in total. The van der Waals surface area contributed by atoms with Crippen molar-refractivity contribution >= 4 is 51.7 Å². The molecule has 0 aliphatic carbocycles. The topological polar surface area (TPSA) is 59.9 Å². The predicted octanol–water partition coefficient (Wildman–Crippen LogP) is 6.65. The van der Waals surface area contributed by atoms with Crippen LogP contribution in [-0.2, 0) is 6.54 Å². The minimum absolute atomic E-state index is 0.417. The van der Waals surface area contributed by atoms with E-state index in [0.29, 0.717) is 44.6 Å². The van der Waals surface area contributed by atoms with Gasteiger partial charge in [-0.3, -0.25) is 0 Å². The first-order chi connectivity index (χ1) is 15.0. The van der Waals surface area contributed by atoms with Crippen molar-refractivity contribution in [3.63, 3.8) is 0 Å². The Hall–Kier alpha value is -2.54. The van der Waals surface area contributed by atoms with Gasteiger partial charge in [-0.1, -0.05) is 65.3 Å². The van der Waals surface area contributed by atoms with Gasteiger partial charge in [0.1, 0.15) is 11.3 Å². The van der Waals surface area contributed by atoms with Gasteiger partial charge in [0.15, 0.2) is 11.0 Å². The molecule has 4 rings (SSSR count). The molecule has 0 bridgehead atoms. The van der Waals surface area contributed by atoms with E-state index in [1.165, 1.54) is 11.8 Å². The van der Waals surface area contributed by atoms with Gasteiger partial charge >= 0.3 is 0 Å². The summed E-state index contributed by atoms with van der Waals surface area (Å²) in [5.41, 5.74) is 3.98. The molecule has 8 heteroatoms. The molecule has 0 unspecified atom stereocenters. The summed E-state index contributed by atoms with van der Waals surface area (Å²) in [7, 11) is 1.58. The number of aromatic nitrogens is 3. The number of thioether (sulfide) groups is 1. The number of hydrogen-bond donors (Lipinski definition) is 1. The van der Waals surface area contributed by atoms with Crippen LogP contribution in [0.4, 0.5) is 5.82 Å². The molecule has 1 N–H and O–H groups in total. The van der Waals surface area contributed by atoms with Crippen molar-refractivity contribution in [2.45, 2.75) is 18.6 Å². The molecule has 0 aliphatic rings. The second kappa shape index (κ2) is 9.30. The van der Waals surface area contributed by atoms with E-state index in [9.17, 15) is 0 Å². The highest BCUT2D eigenvalue weighted by atomic mass is 35.5. The largest absolute Gasteiger partial charge is 0.495 e. The number of rotatable bonds is 6. The number of aryl methyl sites for hydroxylation is 1. The summed E-state index contributed by atoms with van der Waals surface area (Å²) < 4.78 is 5.43. The lowest BCUT2D eigenvalue weighted by Gasteiger charge is -2.16. The summed E-state index contributed by atoms with van der Waals surface area (Å²) >= 11 is 14.8. The van der Waals surface area contributed by atoms with Gasteiger partial charge in [0.25, 0.3) is 0 Å². The molecule has 0 fully saturated rings. The number of anilines is 1. The number of fused-ring (bicyclic) bond motifs is 1. The Balaban J connectivity index is 1.89. The number of pyridine rings is 1. The molecule has 31 heavy (non-hydrogen) atoms. The molecule has 2 heterocycles. The van der Waals surface area contributed by atoms with Crippen LogP contribution in [-0.4, -0.2) is 28.3 Å². The second-order valence-corrected chi connectivity index (χ2v) is 8.42. The highest BCUT2D eigenvalue weighted by Gasteiger charge is 2.19. The van der Waals surface area contributed by atoms with Crippen LogP contribution in [0.1, 0.15) is 11.1 Å². The normalized spacial score (nSPS) is 11.0. The summed E-state index contributed by atoms with van der Waals surface area (Å²) in [6, 6.07) is 13.8. The van der Waals surface area contributed by atoms with Gasteiger partial charge in [0, 0.05) is 23.7 Å². The SMILES string of the molecule is COc1cc(C)c(Cl)c(-c2cc3cnc(SC)nc3c(NCc3ccccc3)n2)c1Cl. The van der Waals surface area contributed by atoms with Crippen molar-refractivity contribution in [3.05, 3.63) is 69.8 Å². The molecule has 0 saturated carbocycles. The molecule has 0 atom stereocenters. The van der Waals surface area contributed by atoms with Gasteiger partial charge in [0.05, 0.1) is 22.8 Å². The first-order valence-corrected chi connectivity index (χ1v) is 11.5. The average molecular weight is 471 g/mol. The van der Waals surface area contributed by atoms with Gasteiger partial charge in [-0.25, -0.2) is 15.0 Å². The molecular weight excluding hydrogens is 451 g/mol. The summed E-state index contributed by atoms with van der Waals surface area (Å²) in [6.07, 6.45) is 3.74. The molecule has 0 saturated heterocycles. The highest BCUT2D eigenvalue weighted by Crippen LogP contribution is 2.43. The van der Waals surface area contributed by atoms with Crippen LogP contribution >= 0.6 is 35.0 Å². The van der Waals surface area contributed by atoms with Crippen LogP contribution in [0.3, 0.4) is 0 Å². The van der Waals surface area contributed by atoms with Crippen molar-refractivity contribution < 1.29 is 4.74 Å². The number of nitrogens with zero attached hydrogens (tertiary/aromatic N) is 3. The van der Waals surface area contributed by atoms with Crippen molar-refractivity contribution in [1.29, 1.82) is 0 Å². The smallest absolute Gasteiger partial charge is 0.187 e. The van der Waals surface area contributed by atoms with Crippen molar-refractivity contribution in [2.24, 2.45) is 0 Å². The fourth-order valence-electron chi connectivity index (χ4n) is 3.27. The van der Waals surface area contributed by atoms with E-state index < -0.39 is 0 Å². The third-order valence-electron chi connectivity index (χ3n) is 4.85. The van der Waals surface area contributed by atoms with Crippen LogP contribution < -0.4 is 10.1 Å². The Labute approximate surface area is 195 Å². The van der Waals surface area contributed by atoms with Gasteiger partial charge in [-0.2, -0.15) is 0 Å². The number of halogens is 2. The summed E-state index contributed by atoms with van der Waals surface area (Å²) in [4.78, 5) is 14.0. The molecule has 0 amide bonds. The lowest BCUT2D eigenvalue weighted by Crippen LogP contribution is -2.05. The maximum absolute atomic E-state index is 6.65. The summed E-state index contributed by atoms with van der Waals surface area (Å²) in [6.45, 7) is 2.51. The van der Waals surface area contributed by atoms with E-state index in [2.05, 4.69) is 27.4 Å². The molecule has 2 aromatic carbocycles. The number of benzene rings is 2. The molecule has 0 spiro atoms. The fraction of sp³-hybridized carbons (Fsp3) is 0.174. The zero-order valence-electron chi connectivity index (χ0n) is 17.2. The lowest BCUT2D eigenvalue weighted by atomic mass is 10.1. The monoisotopic (exact) mass is 470 g/mol. The van der Waals surface area contributed by atoms with E-state index >= 15 is 0 Å². The predicted molar refractivity (Wildman–Crippen MR) is 130 cm³/mol. The molecule has 158 valence electrons. The van der Waals surface area contributed by atoms with Crippen LogP contribution in [0.5, 0.6) is 5.75 Å². The lowest BCUT2D eigenvalue weighted by molar-refractivity contribution is 0.415. The van der Waals surface area contributed by atoms with E-state index in [0.717, 1.165) is 22.0 Å². The van der Waals surface area contributed by atoms with Crippen LogP contribution in [0, 0.1) is 6.92 Å². The van der Waals surface area contributed by atoms with E-state index in [4.69, 9.17) is 32.9 Å². The molecule has 0 aliphatic heterocycles. The van der Waals surface area contributed by atoms with Crippen LogP contribution in [0.2, 0.25) is 10.0 Å². The summed E-state index contributed by atoms with van der Waals surface area (Å²) in [5, 5.41) is 5.89. The maximum Gasteiger partial charge on any atom is 0.187 e. The number of nitrogens with one attached hydrogen (secondary N) is 1. The van der Waals surface area contributed by atoms with Gasteiger partial charge in [-0.05, 0) is 36.4 Å². The maximum atomic E-state index is 6.65. The van der Waals surface area contributed by atoms with Crippen molar-refractivity contribution in [2.75, 3.05) is 18.7 Å². The molecule has 0 radical (unpaired) electrons. The fourth-order valence-corrected chi connectivity index (χ4v) is 4.23. The Morgan fingerprint density at radius 1 is 1.06 bits per heavy atom. The zero-order chi connectivity index (χ0) is 22.0. The quantitative estimate of drug-likeness (QED) is 0.251. The van der Waals surface area contributed by atoms with E-state index in [1.54, 1.807) is 13.3 Å². The Morgan fingerprint density at radius 2 is 1.84 bits per heavy atom. The first kappa shape index (κ1) is 21.7. The minimum Gasteiger partial charge on any atom is -0.495 e. The van der Waals surface area contributed by atoms with Gasteiger partial charge in [-0.15, -0.1) is 0 Å². The number of methoxy groups -OCH3 is 1. The van der Waals surface area contributed by atoms with Crippen LogP contribution in [0.15, 0.2) is 53.8 Å². The summed E-state index contributed by atoms with van der Waals surface area (Å²) in [5.74, 6) is 1.19. The van der Waals surface area contributed by atoms with Gasteiger partial charge in [0.2, 0.25) is 0 Å². The third kappa shape index (κ3) is 4.42. The Morgan fingerprint density at radius 3 is 2.55 bits per heavy atom.